The van der Waals surface area contributed by atoms with E-state index < -0.39 is 41.2 Å². The summed E-state index contributed by atoms with van der Waals surface area (Å²) in [6, 6.07) is 6.85. The van der Waals surface area contributed by atoms with E-state index in [0.29, 0.717) is 11.5 Å². The fourth-order valence-corrected chi connectivity index (χ4v) is 4.14. The van der Waals surface area contributed by atoms with Crippen LogP contribution in [0.3, 0.4) is 0 Å². The van der Waals surface area contributed by atoms with Crippen molar-refractivity contribution in [2.75, 3.05) is 12.5 Å². The molecule has 0 bridgehead atoms. The Bertz CT molecular complexity index is 1120. The van der Waals surface area contributed by atoms with Crippen molar-refractivity contribution in [3.63, 3.8) is 0 Å². The molecule has 3 atom stereocenters. The minimum absolute atomic E-state index is 0.0289. The first-order valence-electron chi connectivity index (χ1n) is 10.1. The molecule has 180 valence electrons. The second-order valence-electron chi connectivity index (χ2n) is 7.44. The summed E-state index contributed by atoms with van der Waals surface area (Å²) in [5.74, 6) is -2.61. The molecule has 0 aliphatic carbocycles. The molecule has 2 aromatic rings. The van der Waals surface area contributed by atoms with E-state index in [9.17, 15) is 23.2 Å². The molecular weight excluding hydrogens is 472 g/mol. The van der Waals surface area contributed by atoms with E-state index in [1.165, 1.54) is 0 Å². The van der Waals surface area contributed by atoms with Gasteiger partial charge in [-0.15, -0.1) is 11.8 Å². The molecule has 1 fully saturated rings. The van der Waals surface area contributed by atoms with E-state index in [1.54, 1.807) is 12.1 Å². The fourth-order valence-electron chi connectivity index (χ4n) is 3.26. The number of halogens is 2. The molecule has 3 unspecified atom stereocenters. The number of rotatable bonds is 7. The summed E-state index contributed by atoms with van der Waals surface area (Å²) in [6.45, 7) is 0.456. The van der Waals surface area contributed by atoms with Crippen molar-refractivity contribution in [1.29, 1.82) is 0 Å². The average Bonchev–Trinajstić information content (AvgIpc) is 3.28. The summed E-state index contributed by atoms with van der Waals surface area (Å²) in [5.41, 5.74) is 5.98. The monoisotopic (exact) mass is 493 g/mol. The van der Waals surface area contributed by atoms with Gasteiger partial charge in [-0.05, 0) is 35.9 Å². The average molecular weight is 493 g/mol. The summed E-state index contributed by atoms with van der Waals surface area (Å²) in [7, 11) is 0. The van der Waals surface area contributed by atoms with Gasteiger partial charge in [0.25, 0.3) is 5.91 Å². The molecule has 0 radical (unpaired) electrons. The molecule has 2 heterocycles. The van der Waals surface area contributed by atoms with E-state index in [2.05, 4.69) is 21.3 Å². The van der Waals surface area contributed by atoms with Gasteiger partial charge in [0.2, 0.25) is 18.6 Å². The lowest BCUT2D eigenvalue weighted by atomic mass is 10.1. The Morgan fingerprint density at radius 2 is 1.91 bits per heavy atom. The Kier molecular flexibility index (Phi) is 7.14. The lowest BCUT2D eigenvalue weighted by Gasteiger charge is -2.35. The maximum Gasteiger partial charge on any atom is 0.252 e. The van der Waals surface area contributed by atoms with Crippen LogP contribution in [0.25, 0.3) is 0 Å². The van der Waals surface area contributed by atoms with Gasteiger partial charge in [0, 0.05) is 12.1 Å². The van der Waals surface area contributed by atoms with Crippen molar-refractivity contribution in [3.05, 3.63) is 59.2 Å². The number of carbonyl (C=O) groups excluding carboxylic acids is 3. The van der Waals surface area contributed by atoms with Crippen molar-refractivity contribution < 1.29 is 32.6 Å². The number of thioether (sulfide) groups is 1. The third-order valence-electron chi connectivity index (χ3n) is 5.03. The van der Waals surface area contributed by atoms with Crippen molar-refractivity contribution >= 4 is 29.5 Å². The first-order chi connectivity index (χ1) is 16.3. The smallest absolute Gasteiger partial charge is 0.252 e. The number of amides is 3. The van der Waals surface area contributed by atoms with Gasteiger partial charge in [-0.25, -0.2) is 8.78 Å². The molecule has 6 N–H and O–H groups in total. The molecule has 2 aromatic carbocycles. The molecule has 10 nitrogen and oxygen atoms in total. The van der Waals surface area contributed by atoms with Crippen LogP contribution in [0.1, 0.15) is 15.9 Å². The van der Waals surface area contributed by atoms with Crippen LogP contribution in [-0.2, 0) is 16.1 Å². The van der Waals surface area contributed by atoms with E-state index in [0.717, 1.165) is 35.5 Å². The molecule has 3 amide bonds. The molecule has 13 heteroatoms. The van der Waals surface area contributed by atoms with Gasteiger partial charge in [0.1, 0.15) is 11.5 Å². The quantitative estimate of drug-likeness (QED) is 0.366. The molecule has 2 aliphatic rings. The van der Waals surface area contributed by atoms with Crippen LogP contribution in [0.4, 0.5) is 8.78 Å². The van der Waals surface area contributed by atoms with Gasteiger partial charge in [-0.1, -0.05) is 6.07 Å². The molecule has 34 heavy (non-hydrogen) atoms. The van der Waals surface area contributed by atoms with Gasteiger partial charge >= 0.3 is 0 Å². The molecule has 0 aromatic heterocycles. The number of hydrogen-bond acceptors (Lipinski definition) is 8. The first-order valence-corrected chi connectivity index (χ1v) is 11.2. The van der Waals surface area contributed by atoms with Gasteiger partial charge in [-0.3, -0.25) is 19.7 Å². The Hall–Kier alpha value is -3.42. The zero-order chi connectivity index (χ0) is 24.2. The highest BCUT2D eigenvalue weighted by Crippen LogP contribution is 2.32. The van der Waals surface area contributed by atoms with Gasteiger partial charge in [0.05, 0.1) is 11.9 Å². The van der Waals surface area contributed by atoms with Crippen LogP contribution in [0, 0.1) is 11.6 Å². The van der Waals surface area contributed by atoms with Gasteiger partial charge in [0.15, 0.2) is 23.1 Å². The highest BCUT2D eigenvalue weighted by Gasteiger charge is 2.35. The number of benzene rings is 2. The number of fused-ring (bicyclic) bond motifs is 1. The van der Waals surface area contributed by atoms with Crippen molar-refractivity contribution in [1.82, 2.24) is 21.3 Å². The third-order valence-corrected chi connectivity index (χ3v) is 6.05. The summed E-state index contributed by atoms with van der Waals surface area (Å²) in [6.07, 6.45) is -0.975. The molecule has 2 aliphatic heterocycles. The highest BCUT2D eigenvalue weighted by molar-refractivity contribution is 8.00. The fraction of sp³-hybridized carbons (Fsp3) is 0.286. The minimum Gasteiger partial charge on any atom is -0.454 e. The van der Waals surface area contributed by atoms with Crippen LogP contribution in [0.5, 0.6) is 11.5 Å². The zero-order valence-electron chi connectivity index (χ0n) is 17.6. The van der Waals surface area contributed by atoms with E-state index >= 15 is 0 Å². The predicted molar refractivity (Wildman–Crippen MR) is 118 cm³/mol. The summed E-state index contributed by atoms with van der Waals surface area (Å²) in [4.78, 5) is 36.9. The van der Waals surface area contributed by atoms with Crippen LogP contribution < -0.4 is 36.5 Å². The number of nitrogens with one attached hydrogen (secondary N) is 4. The lowest BCUT2D eigenvalue weighted by Crippen LogP contribution is -2.70. The Balaban J connectivity index is 1.23. The van der Waals surface area contributed by atoms with Crippen molar-refractivity contribution in [3.8, 4) is 11.5 Å². The molecule has 4 rings (SSSR count). The van der Waals surface area contributed by atoms with Crippen LogP contribution in [0.2, 0.25) is 0 Å². The van der Waals surface area contributed by atoms with Gasteiger partial charge < -0.3 is 31.2 Å². The highest BCUT2D eigenvalue weighted by atomic mass is 32.2. The summed E-state index contributed by atoms with van der Waals surface area (Å²) in [5, 5.41) is 10.6. The van der Waals surface area contributed by atoms with E-state index in [-0.39, 0.29) is 30.6 Å². The second-order valence-corrected chi connectivity index (χ2v) is 8.53. The number of hydrogen-bond donors (Lipinski definition) is 5. The minimum atomic E-state index is -1.18. The third kappa shape index (κ3) is 5.55. The summed E-state index contributed by atoms with van der Waals surface area (Å²) < 4.78 is 37.0. The Morgan fingerprint density at radius 3 is 2.68 bits per heavy atom. The van der Waals surface area contributed by atoms with Gasteiger partial charge in [-0.2, -0.15) is 0 Å². The molecular formula is C21H21F2N5O5S. The molecule has 0 saturated carbocycles. The zero-order valence-corrected chi connectivity index (χ0v) is 18.4. The number of nitrogens with two attached hydrogens (primary N) is 1. The summed E-state index contributed by atoms with van der Waals surface area (Å²) >= 11 is 1.11. The van der Waals surface area contributed by atoms with Crippen molar-refractivity contribution in [2.45, 2.75) is 24.3 Å². The Morgan fingerprint density at radius 1 is 1.12 bits per heavy atom. The first kappa shape index (κ1) is 23.7. The van der Waals surface area contributed by atoms with E-state index in [4.69, 9.17) is 15.2 Å². The maximum atomic E-state index is 13.4. The molecule has 0 spiro atoms. The Labute approximate surface area is 196 Å². The number of ether oxygens (including phenoxy) is 2. The topological polar surface area (TPSA) is 144 Å². The number of carbonyl (C=O) groups is 3. The SMILES string of the molecule is NC1NC(SCC(=O)NCc2ccc3c(c2)OCO3)NC(=O)C1NC(=O)c1ccc(F)c(F)c1. The van der Waals surface area contributed by atoms with Crippen molar-refractivity contribution in [2.24, 2.45) is 5.73 Å². The normalized spacial score (nSPS) is 21.0. The van der Waals surface area contributed by atoms with Crippen LogP contribution in [-0.4, -0.2) is 48.0 Å². The molecule has 1 saturated heterocycles. The van der Waals surface area contributed by atoms with Crippen LogP contribution >= 0.6 is 11.8 Å². The standard InChI is InChI=1S/C21H21F2N5O5S/c22-12-3-2-11(6-13(12)23)19(30)26-17-18(24)27-21(28-20(17)31)34-8-16(29)25-7-10-1-4-14-15(5-10)33-9-32-14/h1-6,17-18,21,27H,7-9,24H2,(H,25,29)(H,26,30)(H,28,31). The second kappa shape index (κ2) is 10.2. The van der Waals surface area contributed by atoms with E-state index in [1.807, 2.05) is 6.07 Å². The maximum absolute atomic E-state index is 13.4. The largest absolute Gasteiger partial charge is 0.454 e. The van der Waals surface area contributed by atoms with Crippen LogP contribution in [0.15, 0.2) is 36.4 Å². The predicted octanol–water partition coefficient (Wildman–Crippen LogP) is 0.129. The lowest BCUT2D eigenvalue weighted by molar-refractivity contribution is -0.126.